The van der Waals surface area contributed by atoms with Crippen LogP contribution in [0.1, 0.15) is 33.1 Å². The normalized spacial score (nSPS) is 32.8. The topological polar surface area (TPSA) is 41.7 Å². The molecule has 0 bridgehead atoms. The van der Waals surface area contributed by atoms with E-state index < -0.39 is 0 Å². The van der Waals surface area contributed by atoms with Gasteiger partial charge in [-0.15, -0.1) is 0 Å². The average Bonchev–Trinajstić information content (AvgIpc) is 2.79. The minimum Gasteiger partial charge on any atom is -0.374 e. The van der Waals surface area contributed by atoms with Gasteiger partial charge in [0.25, 0.3) is 0 Å². The van der Waals surface area contributed by atoms with Crippen molar-refractivity contribution in [3.63, 3.8) is 0 Å². The van der Waals surface area contributed by atoms with Crippen LogP contribution in [0, 0.1) is 0 Å². The predicted molar refractivity (Wildman–Crippen MR) is 74.7 cm³/mol. The molecule has 106 valence electrons. The van der Waals surface area contributed by atoms with E-state index in [0.717, 1.165) is 19.6 Å². The third kappa shape index (κ3) is 3.44. The molecule has 0 aromatic carbocycles. The molecular formula is C14H29N3O. The zero-order valence-electron chi connectivity index (χ0n) is 12.0. The monoisotopic (exact) mass is 255 g/mol. The molecular weight excluding hydrogens is 226 g/mol. The smallest absolute Gasteiger partial charge is 0.0747 e. The molecule has 2 aliphatic heterocycles. The van der Waals surface area contributed by atoms with Gasteiger partial charge in [0.15, 0.2) is 0 Å². The summed E-state index contributed by atoms with van der Waals surface area (Å²) in [7, 11) is 0. The number of hydrogen-bond acceptors (Lipinski definition) is 4. The van der Waals surface area contributed by atoms with Gasteiger partial charge in [0.05, 0.1) is 12.2 Å². The lowest BCUT2D eigenvalue weighted by molar-refractivity contribution is -0.0181. The van der Waals surface area contributed by atoms with E-state index in [1.807, 2.05) is 0 Å². The molecule has 0 aliphatic carbocycles. The van der Waals surface area contributed by atoms with Crippen molar-refractivity contribution in [2.24, 2.45) is 5.73 Å². The molecule has 18 heavy (non-hydrogen) atoms. The van der Waals surface area contributed by atoms with Gasteiger partial charge >= 0.3 is 0 Å². The quantitative estimate of drug-likeness (QED) is 0.793. The molecule has 2 saturated heterocycles. The van der Waals surface area contributed by atoms with Crippen LogP contribution in [-0.4, -0.2) is 67.3 Å². The highest BCUT2D eigenvalue weighted by molar-refractivity contribution is 4.88. The summed E-state index contributed by atoms with van der Waals surface area (Å²) in [6, 6.07) is 0.429. The molecule has 2 N–H and O–H groups in total. The average molecular weight is 255 g/mol. The molecule has 0 spiro atoms. The molecule has 2 fully saturated rings. The Kier molecular flexibility index (Phi) is 5.42. The summed E-state index contributed by atoms with van der Waals surface area (Å²) in [5.74, 6) is 0. The van der Waals surface area contributed by atoms with E-state index in [9.17, 15) is 0 Å². The fourth-order valence-electron chi connectivity index (χ4n) is 3.29. The van der Waals surface area contributed by atoms with Crippen LogP contribution in [0.4, 0.5) is 0 Å². The zero-order valence-corrected chi connectivity index (χ0v) is 12.0. The third-order valence-corrected chi connectivity index (χ3v) is 4.35. The molecule has 0 saturated carbocycles. The van der Waals surface area contributed by atoms with Crippen LogP contribution in [0.5, 0.6) is 0 Å². The van der Waals surface area contributed by atoms with Crippen molar-refractivity contribution < 1.29 is 4.74 Å². The lowest BCUT2D eigenvalue weighted by Crippen LogP contribution is -2.56. The molecule has 0 amide bonds. The first-order chi connectivity index (χ1) is 8.74. The minimum absolute atomic E-state index is 0.364. The van der Waals surface area contributed by atoms with Gasteiger partial charge in [-0.05, 0) is 32.7 Å². The van der Waals surface area contributed by atoms with E-state index >= 15 is 0 Å². The van der Waals surface area contributed by atoms with Gasteiger partial charge in [-0.25, -0.2) is 0 Å². The maximum absolute atomic E-state index is 6.01. The Hall–Kier alpha value is -0.160. The SMILES string of the molecule is CCCN1CCN(C(CN)C2CCC(C)O2)CC1. The van der Waals surface area contributed by atoms with Crippen molar-refractivity contribution in [2.75, 3.05) is 39.3 Å². The van der Waals surface area contributed by atoms with Crippen molar-refractivity contribution >= 4 is 0 Å². The predicted octanol–water partition coefficient (Wildman–Crippen LogP) is 0.909. The first-order valence-electron chi connectivity index (χ1n) is 7.56. The highest BCUT2D eigenvalue weighted by Crippen LogP contribution is 2.24. The Morgan fingerprint density at radius 2 is 1.94 bits per heavy atom. The summed E-state index contributed by atoms with van der Waals surface area (Å²) in [4.78, 5) is 5.11. The molecule has 4 nitrogen and oxygen atoms in total. The van der Waals surface area contributed by atoms with Crippen LogP contribution in [0.25, 0.3) is 0 Å². The molecule has 0 aromatic heterocycles. The van der Waals surface area contributed by atoms with E-state index in [1.54, 1.807) is 0 Å². The van der Waals surface area contributed by atoms with E-state index in [4.69, 9.17) is 10.5 Å². The van der Waals surface area contributed by atoms with Crippen LogP contribution in [-0.2, 0) is 4.74 Å². The fraction of sp³-hybridized carbons (Fsp3) is 1.00. The second-order valence-corrected chi connectivity index (χ2v) is 5.74. The number of nitrogens with two attached hydrogens (primary N) is 1. The summed E-state index contributed by atoms with van der Waals surface area (Å²) in [6.07, 6.45) is 4.41. The van der Waals surface area contributed by atoms with Gasteiger partial charge in [0.1, 0.15) is 0 Å². The van der Waals surface area contributed by atoms with Crippen LogP contribution in [0.3, 0.4) is 0 Å². The van der Waals surface area contributed by atoms with Crippen LogP contribution >= 0.6 is 0 Å². The maximum Gasteiger partial charge on any atom is 0.0747 e. The highest BCUT2D eigenvalue weighted by atomic mass is 16.5. The Labute approximate surface area is 111 Å². The summed E-state index contributed by atoms with van der Waals surface area (Å²) < 4.78 is 6.01. The van der Waals surface area contributed by atoms with Gasteiger partial charge in [0.2, 0.25) is 0 Å². The Balaban J connectivity index is 1.82. The van der Waals surface area contributed by atoms with Crippen LogP contribution < -0.4 is 5.73 Å². The molecule has 3 atom stereocenters. The van der Waals surface area contributed by atoms with Crippen LogP contribution in [0.15, 0.2) is 0 Å². The van der Waals surface area contributed by atoms with Gasteiger partial charge in [0, 0.05) is 38.8 Å². The van der Waals surface area contributed by atoms with E-state index in [0.29, 0.717) is 18.2 Å². The minimum atomic E-state index is 0.364. The Morgan fingerprint density at radius 3 is 2.44 bits per heavy atom. The number of nitrogens with zero attached hydrogens (tertiary/aromatic N) is 2. The lowest BCUT2D eigenvalue weighted by Gasteiger charge is -2.40. The van der Waals surface area contributed by atoms with Gasteiger partial charge in [-0.2, -0.15) is 0 Å². The zero-order chi connectivity index (χ0) is 13.0. The maximum atomic E-state index is 6.01. The lowest BCUT2D eigenvalue weighted by atomic mass is 10.0. The molecule has 2 heterocycles. The van der Waals surface area contributed by atoms with Crippen molar-refractivity contribution in [2.45, 2.75) is 51.4 Å². The summed E-state index contributed by atoms with van der Waals surface area (Å²) in [5, 5.41) is 0. The van der Waals surface area contributed by atoms with Crippen LogP contribution in [0.2, 0.25) is 0 Å². The number of rotatable bonds is 5. The van der Waals surface area contributed by atoms with Gasteiger partial charge in [-0.3, -0.25) is 4.90 Å². The Morgan fingerprint density at radius 1 is 1.22 bits per heavy atom. The highest BCUT2D eigenvalue weighted by Gasteiger charge is 2.33. The summed E-state index contributed by atoms with van der Waals surface area (Å²) in [6.45, 7) is 11.1. The number of hydrogen-bond donors (Lipinski definition) is 1. The second kappa shape index (κ2) is 6.85. The third-order valence-electron chi connectivity index (χ3n) is 4.35. The van der Waals surface area contributed by atoms with Crippen molar-refractivity contribution in [3.8, 4) is 0 Å². The number of piperazine rings is 1. The molecule has 3 unspecified atom stereocenters. The molecule has 0 radical (unpaired) electrons. The summed E-state index contributed by atoms with van der Waals surface area (Å²) in [5.41, 5.74) is 5.99. The van der Waals surface area contributed by atoms with E-state index in [-0.39, 0.29) is 0 Å². The van der Waals surface area contributed by atoms with Crippen molar-refractivity contribution in [1.82, 2.24) is 9.80 Å². The first kappa shape index (κ1) is 14.3. The second-order valence-electron chi connectivity index (χ2n) is 5.74. The fourth-order valence-corrected chi connectivity index (χ4v) is 3.29. The molecule has 2 rings (SSSR count). The molecule has 4 heteroatoms. The van der Waals surface area contributed by atoms with Gasteiger partial charge in [-0.1, -0.05) is 6.92 Å². The van der Waals surface area contributed by atoms with E-state index in [2.05, 4.69) is 23.6 Å². The summed E-state index contributed by atoms with van der Waals surface area (Å²) >= 11 is 0. The van der Waals surface area contributed by atoms with Gasteiger partial charge < -0.3 is 15.4 Å². The van der Waals surface area contributed by atoms with E-state index in [1.165, 1.54) is 38.9 Å². The standard InChI is InChI=1S/C14H29N3O/c1-3-6-16-7-9-17(10-8-16)13(11-15)14-5-4-12(2)18-14/h12-14H,3-11,15H2,1-2H3. The molecule has 0 aromatic rings. The largest absolute Gasteiger partial charge is 0.374 e. The van der Waals surface area contributed by atoms with Crippen molar-refractivity contribution in [3.05, 3.63) is 0 Å². The number of ether oxygens (including phenoxy) is 1. The first-order valence-corrected chi connectivity index (χ1v) is 7.56. The Bertz CT molecular complexity index is 241. The van der Waals surface area contributed by atoms with Crippen molar-refractivity contribution in [1.29, 1.82) is 0 Å². The molecule has 2 aliphatic rings.